The van der Waals surface area contributed by atoms with Gasteiger partial charge in [0, 0.05) is 24.6 Å². The predicted octanol–water partition coefficient (Wildman–Crippen LogP) is 3.45. The first-order chi connectivity index (χ1) is 14.2. The normalized spacial score (nSPS) is 16.1. The standard InChI is InChI=1S/C22H20N2O5/c1-27-19-10-6-5-9-18(19)24-13-16(11-21(24)25)22(26)28-14-17-12-20(29-23-17)15-7-3-2-4-8-15/h2-10,12,16H,11,13-14H2,1H3. The number of benzene rings is 2. The summed E-state index contributed by atoms with van der Waals surface area (Å²) in [5.74, 6) is 0.0955. The molecule has 1 aliphatic heterocycles. The molecule has 0 N–H and O–H groups in total. The number of hydrogen-bond donors (Lipinski definition) is 0. The molecule has 1 aromatic heterocycles. The number of carbonyl (C=O) groups excluding carboxylic acids is 2. The molecule has 7 heteroatoms. The second-order valence-corrected chi connectivity index (χ2v) is 6.73. The lowest BCUT2D eigenvalue weighted by Crippen LogP contribution is -2.26. The summed E-state index contributed by atoms with van der Waals surface area (Å²) < 4.78 is 16.0. The fraction of sp³-hybridized carbons (Fsp3) is 0.227. The molecule has 1 unspecified atom stereocenters. The molecule has 1 fully saturated rings. The molecule has 1 aliphatic rings. The minimum atomic E-state index is -0.534. The second-order valence-electron chi connectivity index (χ2n) is 6.73. The molecular weight excluding hydrogens is 372 g/mol. The third-order valence-corrected chi connectivity index (χ3v) is 4.81. The van der Waals surface area contributed by atoms with Crippen LogP contribution in [0, 0.1) is 5.92 Å². The number of anilines is 1. The minimum absolute atomic E-state index is 0.00544. The van der Waals surface area contributed by atoms with Gasteiger partial charge < -0.3 is 18.9 Å². The number of esters is 1. The van der Waals surface area contributed by atoms with Crippen LogP contribution in [0.3, 0.4) is 0 Å². The van der Waals surface area contributed by atoms with Gasteiger partial charge in [-0.3, -0.25) is 9.59 Å². The quantitative estimate of drug-likeness (QED) is 0.598. The molecule has 2 heterocycles. The van der Waals surface area contributed by atoms with Gasteiger partial charge in [-0.05, 0) is 12.1 Å². The molecule has 2 aromatic carbocycles. The van der Waals surface area contributed by atoms with Crippen LogP contribution in [0.4, 0.5) is 5.69 Å². The highest BCUT2D eigenvalue weighted by Crippen LogP contribution is 2.33. The van der Waals surface area contributed by atoms with Gasteiger partial charge in [0.05, 0.1) is 18.7 Å². The first-order valence-electron chi connectivity index (χ1n) is 9.26. The Bertz CT molecular complexity index is 1010. The molecule has 0 spiro atoms. The number of aromatic nitrogens is 1. The number of ether oxygens (including phenoxy) is 2. The van der Waals surface area contributed by atoms with E-state index >= 15 is 0 Å². The Hall–Kier alpha value is -3.61. The van der Waals surface area contributed by atoms with Crippen LogP contribution in [0.25, 0.3) is 11.3 Å². The maximum atomic E-state index is 12.5. The van der Waals surface area contributed by atoms with Gasteiger partial charge in [0.15, 0.2) is 5.76 Å². The van der Waals surface area contributed by atoms with Crippen LogP contribution >= 0.6 is 0 Å². The summed E-state index contributed by atoms with van der Waals surface area (Å²) in [4.78, 5) is 26.5. The molecule has 0 aliphatic carbocycles. The zero-order valence-corrected chi connectivity index (χ0v) is 15.9. The number of methoxy groups -OCH3 is 1. The molecule has 7 nitrogen and oxygen atoms in total. The SMILES string of the molecule is COc1ccccc1N1CC(C(=O)OCc2cc(-c3ccccc3)on2)CC1=O. The number of rotatable bonds is 6. The molecule has 1 amide bonds. The average Bonchev–Trinajstić information content (AvgIpc) is 3.39. The Labute approximate surface area is 167 Å². The van der Waals surface area contributed by atoms with Crippen LogP contribution < -0.4 is 9.64 Å². The van der Waals surface area contributed by atoms with Gasteiger partial charge in [0.1, 0.15) is 18.1 Å². The zero-order valence-electron chi connectivity index (χ0n) is 15.9. The lowest BCUT2D eigenvalue weighted by atomic mass is 10.1. The van der Waals surface area contributed by atoms with Crippen molar-refractivity contribution in [2.75, 3.05) is 18.6 Å². The van der Waals surface area contributed by atoms with Crippen LogP contribution in [0.1, 0.15) is 12.1 Å². The van der Waals surface area contributed by atoms with Gasteiger partial charge in [-0.15, -0.1) is 0 Å². The molecule has 0 bridgehead atoms. The van der Waals surface area contributed by atoms with Crippen LogP contribution in [0.5, 0.6) is 5.75 Å². The van der Waals surface area contributed by atoms with Crippen molar-refractivity contribution in [3.05, 3.63) is 66.4 Å². The summed E-state index contributed by atoms with van der Waals surface area (Å²) in [6, 6.07) is 18.5. The van der Waals surface area contributed by atoms with Crippen LogP contribution in [0.2, 0.25) is 0 Å². The maximum Gasteiger partial charge on any atom is 0.311 e. The van der Waals surface area contributed by atoms with Gasteiger partial charge >= 0.3 is 5.97 Å². The van der Waals surface area contributed by atoms with Crippen LogP contribution in [-0.2, 0) is 20.9 Å². The predicted molar refractivity (Wildman–Crippen MR) is 105 cm³/mol. The van der Waals surface area contributed by atoms with Crippen molar-refractivity contribution in [1.29, 1.82) is 0 Å². The summed E-state index contributed by atoms with van der Waals surface area (Å²) in [5, 5.41) is 3.95. The van der Waals surface area contributed by atoms with E-state index in [-0.39, 0.29) is 25.5 Å². The molecule has 0 radical (unpaired) electrons. The molecule has 1 saturated heterocycles. The first-order valence-corrected chi connectivity index (χ1v) is 9.26. The van der Waals surface area contributed by atoms with Crippen molar-refractivity contribution in [2.45, 2.75) is 13.0 Å². The maximum absolute atomic E-state index is 12.5. The lowest BCUT2D eigenvalue weighted by molar-refractivity contribution is -0.149. The molecule has 3 aromatic rings. The Morgan fingerprint density at radius 1 is 1.17 bits per heavy atom. The zero-order chi connectivity index (χ0) is 20.2. The number of hydrogen-bond acceptors (Lipinski definition) is 6. The average molecular weight is 392 g/mol. The van der Waals surface area contributed by atoms with E-state index in [1.165, 1.54) is 0 Å². The van der Waals surface area contributed by atoms with Gasteiger partial charge in [0.2, 0.25) is 5.91 Å². The first kappa shape index (κ1) is 18.7. The van der Waals surface area contributed by atoms with E-state index < -0.39 is 11.9 Å². The summed E-state index contributed by atoms with van der Waals surface area (Å²) in [5.41, 5.74) is 2.06. The smallest absolute Gasteiger partial charge is 0.311 e. The second kappa shape index (κ2) is 8.18. The van der Waals surface area contributed by atoms with Crippen molar-refractivity contribution in [3.63, 3.8) is 0 Å². The van der Waals surface area contributed by atoms with E-state index in [1.807, 2.05) is 42.5 Å². The minimum Gasteiger partial charge on any atom is -0.495 e. The Balaban J connectivity index is 1.37. The van der Waals surface area contributed by atoms with Crippen molar-refractivity contribution in [1.82, 2.24) is 5.16 Å². The Morgan fingerprint density at radius 3 is 2.72 bits per heavy atom. The topological polar surface area (TPSA) is 81.9 Å². The highest BCUT2D eigenvalue weighted by molar-refractivity contribution is 6.00. The molecule has 1 atom stereocenters. The van der Waals surface area contributed by atoms with E-state index in [0.29, 0.717) is 22.9 Å². The third kappa shape index (κ3) is 3.99. The van der Waals surface area contributed by atoms with Gasteiger partial charge in [-0.1, -0.05) is 47.6 Å². The van der Waals surface area contributed by atoms with Gasteiger partial charge in [-0.2, -0.15) is 0 Å². The molecule has 4 rings (SSSR count). The summed E-state index contributed by atoms with van der Waals surface area (Å²) in [6.07, 6.45) is 0.102. The summed E-state index contributed by atoms with van der Waals surface area (Å²) in [7, 11) is 1.55. The van der Waals surface area contributed by atoms with E-state index in [1.54, 1.807) is 30.2 Å². The summed E-state index contributed by atoms with van der Waals surface area (Å²) >= 11 is 0. The molecule has 0 saturated carbocycles. The monoisotopic (exact) mass is 392 g/mol. The van der Waals surface area contributed by atoms with Crippen LogP contribution in [0.15, 0.2) is 65.2 Å². The largest absolute Gasteiger partial charge is 0.495 e. The van der Waals surface area contributed by atoms with Crippen molar-refractivity contribution >= 4 is 17.6 Å². The van der Waals surface area contributed by atoms with Crippen molar-refractivity contribution < 1.29 is 23.6 Å². The fourth-order valence-electron chi connectivity index (χ4n) is 3.33. The summed E-state index contributed by atoms with van der Waals surface area (Å²) in [6.45, 7) is 0.251. The Morgan fingerprint density at radius 2 is 1.93 bits per heavy atom. The molecule has 29 heavy (non-hydrogen) atoms. The number of amides is 1. The van der Waals surface area contributed by atoms with Gasteiger partial charge in [0.25, 0.3) is 0 Å². The van der Waals surface area contributed by atoms with Crippen molar-refractivity contribution in [2.24, 2.45) is 5.92 Å². The van der Waals surface area contributed by atoms with E-state index in [0.717, 1.165) is 5.56 Å². The highest BCUT2D eigenvalue weighted by atomic mass is 16.5. The Kier molecular flexibility index (Phi) is 5.29. The number of carbonyl (C=O) groups is 2. The fourth-order valence-corrected chi connectivity index (χ4v) is 3.33. The lowest BCUT2D eigenvalue weighted by Gasteiger charge is -2.19. The van der Waals surface area contributed by atoms with Gasteiger partial charge in [-0.25, -0.2) is 0 Å². The van der Waals surface area contributed by atoms with E-state index in [4.69, 9.17) is 14.0 Å². The number of para-hydroxylation sites is 2. The van der Waals surface area contributed by atoms with Crippen molar-refractivity contribution in [3.8, 4) is 17.1 Å². The van der Waals surface area contributed by atoms with E-state index in [9.17, 15) is 9.59 Å². The molecular formula is C22H20N2O5. The molecule has 148 valence electrons. The van der Waals surface area contributed by atoms with Crippen LogP contribution in [-0.4, -0.2) is 30.7 Å². The number of nitrogens with zero attached hydrogens (tertiary/aromatic N) is 2. The van der Waals surface area contributed by atoms with E-state index in [2.05, 4.69) is 5.16 Å². The third-order valence-electron chi connectivity index (χ3n) is 4.81. The highest BCUT2D eigenvalue weighted by Gasteiger charge is 2.37.